The van der Waals surface area contributed by atoms with E-state index in [-0.39, 0.29) is 17.8 Å². The van der Waals surface area contributed by atoms with Crippen LogP contribution >= 0.6 is 0 Å². The van der Waals surface area contributed by atoms with Crippen LogP contribution in [0.15, 0.2) is 24.3 Å². The highest BCUT2D eigenvalue weighted by Crippen LogP contribution is 2.23. The maximum absolute atomic E-state index is 12.7. The Morgan fingerprint density at radius 2 is 1.75 bits per heavy atom. The summed E-state index contributed by atoms with van der Waals surface area (Å²) in [5.41, 5.74) is 13.4. The van der Waals surface area contributed by atoms with Gasteiger partial charge in [-0.1, -0.05) is 31.2 Å². The topological polar surface area (TPSA) is 107 Å². The van der Waals surface area contributed by atoms with E-state index in [0.717, 1.165) is 32.1 Å². The van der Waals surface area contributed by atoms with E-state index in [1.54, 1.807) is 0 Å². The van der Waals surface area contributed by atoms with Crippen LogP contribution in [0.5, 0.6) is 0 Å². The fourth-order valence-electron chi connectivity index (χ4n) is 3.19. The number of esters is 1. The number of aryl methyl sites for hydroxylation is 1. The zero-order valence-electron chi connectivity index (χ0n) is 17.4. The molecule has 0 aliphatic heterocycles. The molecule has 0 heterocycles. The molecule has 1 aromatic rings. The summed E-state index contributed by atoms with van der Waals surface area (Å²) in [5, 5.41) is 2.83. The second kappa shape index (κ2) is 14.1. The van der Waals surface area contributed by atoms with E-state index in [9.17, 15) is 9.59 Å². The molecule has 28 heavy (non-hydrogen) atoms. The Kier molecular flexibility index (Phi) is 12.2. The van der Waals surface area contributed by atoms with Gasteiger partial charge < -0.3 is 21.5 Å². The first kappa shape index (κ1) is 24.1. The van der Waals surface area contributed by atoms with E-state index in [1.807, 2.05) is 12.1 Å². The minimum Gasteiger partial charge on any atom is -0.464 e. The first-order valence-electron chi connectivity index (χ1n) is 10.4. The Balaban J connectivity index is 2.65. The highest BCUT2D eigenvalue weighted by Gasteiger charge is 2.23. The molecule has 2 atom stereocenters. The van der Waals surface area contributed by atoms with Crippen LogP contribution in [-0.4, -0.2) is 37.6 Å². The van der Waals surface area contributed by atoms with Gasteiger partial charge in [0.15, 0.2) is 0 Å². The zero-order chi connectivity index (χ0) is 20.8. The summed E-state index contributed by atoms with van der Waals surface area (Å²) in [5.74, 6) is -0.347. The second-order valence-electron chi connectivity index (χ2n) is 7.24. The average Bonchev–Trinajstić information content (AvgIpc) is 2.69. The lowest BCUT2D eigenvalue weighted by atomic mass is 9.93. The first-order valence-corrected chi connectivity index (χ1v) is 10.4. The molecule has 1 rings (SSSR count). The van der Waals surface area contributed by atoms with Crippen molar-refractivity contribution in [1.82, 2.24) is 5.32 Å². The van der Waals surface area contributed by atoms with Crippen molar-refractivity contribution in [1.29, 1.82) is 0 Å². The first-order chi connectivity index (χ1) is 13.5. The molecule has 6 nitrogen and oxygen atoms in total. The molecule has 0 saturated heterocycles. The van der Waals surface area contributed by atoms with Gasteiger partial charge in [0, 0.05) is 12.3 Å². The van der Waals surface area contributed by atoms with Crippen molar-refractivity contribution in [2.45, 2.75) is 70.8 Å². The van der Waals surface area contributed by atoms with E-state index in [1.165, 1.54) is 11.1 Å². The lowest BCUT2D eigenvalue weighted by Crippen LogP contribution is -2.42. The van der Waals surface area contributed by atoms with Gasteiger partial charge in [0.05, 0.1) is 6.61 Å². The number of benzene rings is 1. The van der Waals surface area contributed by atoms with Gasteiger partial charge >= 0.3 is 5.97 Å². The minimum atomic E-state index is -0.619. The van der Waals surface area contributed by atoms with E-state index >= 15 is 0 Å². The number of nitrogens with two attached hydrogens (primary N) is 2. The monoisotopic (exact) mass is 391 g/mol. The molecule has 0 aliphatic carbocycles. The minimum absolute atomic E-state index is 0.130. The van der Waals surface area contributed by atoms with Gasteiger partial charge in [0.1, 0.15) is 6.04 Å². The predicted octanol–water partition coefficient (Wildman–Crippen LogP) is 2.77. The van der Waals surface area contributed by atoms with Gasteiger partial charge in [-0.25, -0.2) is 4.79 Å². The van der Waals surface area contributed by atoms with Crippen LogP contribution in [0.25, 0.3) is 0 Å². The summed E-state index contributed by atoms with van der Waals surface area (Å²) in [4.78, 5) is 24.8. The number of nitrogens with one attached hydrogen (secondary N) is 1. The fraction of sp³-hybridized carbons (Fsp3) is 0.636. The molecule has 0 aromatic heterocycles. The Morgan fingerprint density at radius 3 is 2.39 bits per heavy atom. The lowest BCUT2D eigenvalue weighted by molar-refractivity contribution is -0.148. The molecular formula is C22H37N3O3. The summed E-state index contributed by atoms with van der Waals surface area (Å²) < 4.78 is 5.62. The van der Waals surface area contributed by atoms with Crippen molar-refractivity contribution in [3.8, 4) is 0 Å². The Labute approximate surface area is 169 Å². The third-order valence-corrected chi connectivity index (χ3v) is 4.97. The summed E-state index contributed by atoms with van der Waals surface area (Å²) in [6.07, 6.45) is 4.89. The molecule has 0 radical (unpaired) electrons. The zero-order valence-corrected chi connectivity index (χ0v) is 17.4. The quantitative estimate of drug-likeness (QED) is 0.334. The third kappa shape index (κ3) is 8.85. The molecule has 0 spiro atoms. The van der Waals surface area contributed by atoms with Gasteiger partial charge in [-0.3, -0.25) is 4.79 Å². The van der Waals surface area contributed by atoms with E-state index in [2.05, 4.69) is 31.3 Å². The third-order valence-electron chi connectivity index (χ3n) is 4.97. The second-order valence-corrected chi connectivity index (χ2v) is 7.24. The Morgan fingerprint density at radius 1 is 1.07 bits per heavy atom. The normalized spacial score (nSPS) is 13.0. The molecule has 0 bridgehead atoms. The van der Waals surface area contributed by atoms with Crippen LogP contribution in [0.2, 0.25) is 0 Å². The highest BCUT2D eigenvalue weighted by atomic mass is 16.5. The van der Waals surface area contributed by atoms with Gasteiger partial charge in [-0.05, 0) is 69.7 Å². The van der Waals surface area contributed by atoms with Crippen LogP contribution < -0.4 is 16.8 Å². The molecular weight excluding hydrogens is 354 g/mol. The van der Waals surface area contributed by atoms with Gasteiger partial charge in [0.2, 0.25) is 5.91 Å². The lowest BCUT2D eigenvalue weighted by Gasteiger charge is -2.21. The maximum atomic E-state index is 12.7. The fourth-order valence-corrected chi connectivity index (χ4v) is 3.19. The van der Waals surface area contributed by atoms with Crippen molar-refractivity contribution in [2.75, 3.05) is 19.7 Å². The van der Waals surface area contributed by atoms with Crippen molar-refractivity contribution in [3.63, 3.8) is 0 Å². The number of carbonyl (C=O) groups is 2. The van der Waals surface area contributed by atoms with E-state index < -0.39 is 6.04 Å². The maximum Gasteiger partial charge on any atom is 0.328 e. The molecule has 0 saturated carbocycles. The standard InChI is InChI=1S/C22H37N3O3/c1-3-18(19-11-5-4-10-17(19)2)16-28-22(27)20(12-6-8-14-23)25-21(26)13-7-9-15-24/h4-5,10-11,18,20H,3,6-9,12-16,23-24H2,1-2H3,(H,25,26)/t18?,20-/m0/s1. The van der Waals surface area contributed by atoms with E-state index in [0.29, 0.717) is 32.5 Å². The number of ether oxygens (including phenoxy) is 1. The van der Waals surface area contributed by atoms with Crippen LogP contribution in [0.3, 0.4) is 0 Å². The Bertz CT molecular complexity index is 592. The van der Waals surface area contributed by atoms with Crippen LogP contribution in [-0.2, 0) is 14.3 Å². The van der Waals surface area contributed by atoms with Crippen molar-refractivity contribution < 1.29 is 14.3 Å². The molecule has 1 amide bonds. The van der Waals surface area contributed by atoms with Crippen LogP contribution in [0.4, 0.5) is 0 Å². The summed E-state index contributed by atoms with van der Waals surface area (Å²) in [6.45, 7) is 5.60. The predicted molar refractivity (Wildman–Crippen MR) is 113 cm³/mol. The highest BCUT2D eigenvalue weighted by molar-refractivity contribution is 5.84. The van der Waals surface area contributed by atoms with Gasteiger partial charge in [-0.2, -0.15) is 0 Å². The van der Waals surface area contributed by atoms with Crippen molar-refractivity contribution in [2.24, 2.45) is 11.5 Å². The van der Waals surface area contributed by atoms with Crippen molar-refractivity contribution >= 4 is 11.9 Å². The van der Waals surface area contributed by atoms with Crippen molar-refractivity contribution in [3.05, 3.63) is 35.4 Å². The van der Waals surface area contributed by atoms with Crippen LogP contribution in [0.1, 0.15) is 68.9 Å². The number of hydrogen-bond donors (Lipinski definition) is 3. The number of carbonyl (C=O) groups excluding carboxylic acids is 2. The summed E-state index contributed by atoms with van der Waals surface area (Å²) in [6, 6.07) is 7.54. The SMILES string of the molecule is CCC(COC(=O)[C@H](CCCCN)NC(=O)CCCCN)c1ccccc1C. The molecule has 158 valence electrons. The molecule has 0 fully saturated rings. The molecule has 6 heteroatoms. The number of rotatable bonds is 14. The largest absolute Gasteiger partial charge is 0.464 e. The van der Waals surface area contributed by atoms with E-state index in [4.69, 9.17) is 16.2 Å². The average molecular weight is 392 g/mol. The van der Waals surface area contributed by atoms with Crippen LogP contribution in [0, 0.1) is 6.92 Å². The smallest absolute Gasteiger partial charge is 0.328 e. The molecule has 0 aliphatic rings. The molecule has 1 aromatic carbocycles. The number of hydrogen-bond acceptors (Lipinski definition) is 5. The Hall–Kier alpha value is -1.92. The van der Waals surface area contributed by atoms with Gasteiger partial charge in [-0.15, -0.1) is 0 Å². The summed E-state index contributed by atoms with van der Waals surface area (Å²) >= 11 is 0. The number of amides is 1. The summed E-state index contributed by atoms with van der Waals surface area (Å²) in [7, 11) is 0. The molecule has 1 unspecified atom stereocenters. The molecule has 5 N–H and O–H groups in total. The van der Waals surface area contributed by atoms with Gasteiger partial charge in [0.25, 0.3) is 0 Å². The number of unbranched alkanes of at least 4 members (excludes halogenated alkanes) is 2.